The fourth-order valence-electron chi connectivity index (χ4n) is 2.90. The number of pyridine rings is 1. The number of nitrogens with one attached hydrogen (secondary N) is 1. The van der Waals surface area contributed by atoms with Crippen LogP contribution in [0, 0.1) is 0 Å². The largest absolute Gasteiger partial charge is 0.325 e. The summed E-state index contributed by atoms with van der Waals surface area (Å²) in [6, 6.07) is 17.9. The number of hydrogen-bond donors (Lipinski definition) is 1. The Morgan fingerprint density at radius 2 is 1.96 bits per heavy atom. The average molecular weight is 318 g/mol. The first-order chi connectivity index (χ1) is 12.3. The second kappa shape index (κ2) is 5.77. The molecule has 0 bridgehead atoms. The van der Waals surface area contributed by atoms with Gasteiger partial charge >= 0.3 is 0 Å². The zero-order valence-electron chi connectivity index (χ0n) is 13.9. The van der Waals surface area contributed by atoms with E-state index in [4.69, 9.17) is 1.37 Å². The fraction of sp³-hybridized carbons (Fsp3) is 0.105. The molecular weight excluding hydrogens is 300 g/mol. The van der Waals surface area contributed by atoms with Crippen LogP contribution >= 0.6 is 0 Å². The number of rotatable bonds is 3. The Hall–Kier alpha value is -3.21. The number of benzene rings is 2. The van der Waals surface area contributed by atoms with Gasteiger partial charge in [0.05, 0.1) is 17.4 Å². The Labute approximate surface area is 140 Å². The molecule has 0 fully saturated rings. The predicted molar refractivity (Wildman–Crippen MR) is 94.9 cm³/mol. The van der Waals surface area contributed by atoms with Crippen LogP contribution in [0.15, 0.2) is 60.9 Å². The Kier molecular flexibility index (Phi) is 3.19. The summed E-state index contributed by atoms with van der Waals surface area (Å²) in [7, 11) is 0. The maximum atomic E-state index is 11.7. The van der Waals surface area contributed by atoms with Crippen LogP contribution in [0.4, 0.5) is 5.82 Å². The number of nitrogens with zero attached hydrogens (tertiary/aromatic N) is 3. The first kappa shape index (κ1) is 13.2. The summed E-state index contributed by atoms with van der Waals surface area (Å²) in [5, 5.41) is 3.67. The van der Waals surface area contributed by atoms with E-state index in [0.29, 0.717) is 17.9 Å². The first-order valence-electron chi connectivity index (χ1n) is 8.33. The Bertz CT molecular complexity index is 1060. The van der Waals surface area contributed by atoms with Gasteiger partial charge in [0, 0.05) is 20.2 Å². The molecule has 4 rings (SSSR count). The molecule has 2 aromatic heterocycles. The highest BCUT2D eigenvalue weighted by molar-refractivity contribution is 6.09. The van der Waals surface area contributed by atoms with Crippen molar-refractivity contribution in [2.24, 2.45) is 0 Å². The van der Waals surface area contributed by atoms with Crippen LogP contribution < -0.4 is 5.32 Å². The molecule has 0 saturated heterocycles. The highest BCUT2D eigenvalue weighted by Gasteiger charge is 2.14. The molecule has 2 aromatic carbocycles. The molecule has 0 aliphatic heterocycles. The van der Waals surface area contributed by atoms with E-state index in [9.17, 15) is 4.79 Å². The first-order valence-corrected chi connectivity index (χ1v) is 7.63. The van der Waals surface area contributed by atoms with Crippen LogP contribution in [0.2, 0.25) is 0 Å². The SMILES string of the molecule is [3H]CC(=O)Nc1nc2ccccc2c2c1ncn2Cc1ccccc1. The number of carbonyl (C=O) groups is 1. The van der Waals surface area contributed by atoms with Crippen molar-refractivity contribution < 1.29 is 6.17 Å². The zero-order valence-corrected chi connectivity index (χ0v) is 12.9. The van der Waals surface area contributed by atoms with E-state index < -0.39 is 5.91 Å². The lowest BCUT2D eigenvalue weighted by molar-refractivity contribution is -0.114. The topological polar surface area (TPSA) is 59.8 Å². The minimum Gasteiger partial charge on any atom is -0.325 e. The lowest BCUT2D eigenvalue weighted by Crippen LogP contribution is -2.08. The number of carbonyl (C=O) groups excluding carboxylic acids is 1. The minimum atomic E-state index is -0.401. The summed E-state index contributed by atoms with van der Waals surface area (Å²) in [5.74, 6) is -0.000507. The predicted octanol–water partition coefficient (Wildman–Crippen LogP) is 3.59. The van der Waals surface area contributed by atoms with Crippen LogP contribution in [0.25, 0.3) is 21.9 Å². The summed E-state index contributed by atoms with van der Waals surface area (Å²) in [5.41, 5.74) is 3.51. The Balaban J connectivity index is 1.92. The second-order valence-electron chi connectivity index (χ2n) is 5.58. The minimum absolute atomic E-state index is 0.347. The number of amides is 1. The third-order valence-corrected chi connectivity index (χ3v) is 3.91. The number of hydrogen-bond acceptors (Lipinski definition) is 3. The van der Waals surface area contributed by atoms with Crippen LogP contribution in [0.3, 0.4) is 0 Å². The molecule has 1 N–H and O–H groups in total. The van der Waals surface area contributed by atoms with E-state index in [1.807, 2.05) is 42.5 Å². The third kappa shape index (κ3) is 2.50. The summed E-state index contributed by atoms with van der Waals surface area (Å²) < 4.78 is 9.28. The van der Waals surface area contributed by atoms with Gasteiger partial charge in [-0.15, -0.1) is 0 Å². The van der Waals surface area contributed by atoms with E-state index in [2.05, 4.69) is 32.0 Å². The Morgan fingerprint density at radius 1 is 1.17 bits per heavy atom. The molecule has 5 nitrogen and oxygen atoms in total. The second-order valence-corrected chi connectivity index (χ2v) is 5.58. The molecule has 0 unspecified atom stereocenters. The van der Waals surface area contributed by atoms with E-state index in [-0.39, 0.29) is 6.90 Å². The summed E-state index contributed by atoms with van der Waals surface area (Å²) in [6.45, 7) is 0.331. The maximum absolute atomic E-state index is 11.7. The molecule has 0 aliphatic rings. The van der Waals surface area contributed by atoms with Gasteiger partial charge in [0.25, 0.3) is 0 Å². The van der Waals surface area contributed by atoms with E-state index in [0.717, 1.165) is 16.4 Å². The standard InChI is InChI=1S/C19H16N4O/c1-13(24)21-19-17-18(15-9-5-6-10-16(15)22-19)23(12-20-17)11-14-7-3-2-4-8-14/h2-10,12H,11H2,1H3,(H,21,22,24)/i1T. The van der Waals surface area contributed by atoms with E-state index in [1.54, 1.807) is 6.33 Å². The van der Waals surface area contributed by atoms with Gasteiger partial charge in [-0.3, -0.25) is 4.79 Å². The molecular formula is C19H16N4O. The van der Waals surface area contributed by atoms with Crippen molar-refractivity contribution in [3.8, 4) is 0 Å². The molecule has 4 aromatic rings. The van der Waals surface area contributed by atoms with Crippen LogP contribution in [-0.2, 0) is 11.3 Å². The highest BCUT2D eigenvalue weighted by Crippen LogP contribution is 2.29. The van der Waals surface area contributed by atoms with Crippen LogP contribution in [0.1, 0.15) is 13.8 Å². The van der Waals surface area contributed by atoms with Crippen molar-refractivity contribution in [3.63, 3.8) is 0 Å². The van der Waals surface area contributed by atoms with Crippen molar-refractivity contribution in [3.05, 3.63) is 66.5 Å². The lowest BCUT2D eigenvalue weighted by Gasteiger charge is -2.09. The lowest BCUT2D eigenvalue weighted by atomic mass is 10.1. The van der Waals surface area contributed by atoms with Crippen molar-refractivity contribution >= 4 is 33.7 Å². The smallest absolute Gasteiger partial charge is 0.222 e. The summed E-state index contributed by atoms with van der Waals surface area (Å²) in [6.07, 6.45) is 1.77. The molecule has 0 radical (unpaired) electrons. The zero-order chi connectivity index (χ0) is 17.2. The Morgan fingerprint density at radius 3 is 2.79 bits per heavy atom. The molecule has 118 valence electrons. The third-order valence-electron chi connectivity index (χ3n) is 3.91. The van der Waals surface area contributed by atoms with Crippen LogP contribution in [-0.4, -0.2) is 20.4 Å². The summed E-state index contributed by atoms with van der Waals surface area (Å²) in [4.78, 5) is 20.7. The molecule has 0 spiro atoms. The van der Waals surface area contributed by atoms with Crippen molar-refractivity contribution in [1.29, 1.82) is 0 Å². The van der Waals surface area contributed by atoms with Gasteiger partial charge in [-0.05, 0) is 11.6 Å². The fourth-order valence-corrected chi connectivity index (χ4v) is 2.90. The number of para-hydroxylation sites is 1. The van der Waals surface area contributed by atoms with Crippen molar-refractivity contribution in [2.75, 3.05) is 5.32 Å². The van der Waals surface area contributed by atoms with Gasteiger partial charge in [0.15, 0.2) is 5.82 Å². The van der Waals surface area contributed by atoms with Crippen LogP contribution in [0.5, 0.6) is 0 Å². The molecule has 2 heterocycles. The summed E-state index contributed by atoms with van der Waals surface area (Å²) >= 11 is 0. The molecule has 0 aliphatic carbocycles. The molecule has 0 atom stereocenters. The van der Waals surface area contributed by atoms with Gasteiger partial charge < -0.3 is 9.88 Å². The quantitative estimate of drug-likeness (QED) is 0.628. The van der Waals surface area contributed by atoms with Gasteiger partial charge in [-0.1, -0.05) is 48.5 Å². The monoisotopic (exact) mass is 318 g/mol. The molecule has 1 amide bonds. The number of imidazole rings is 1. The van der Waals surface area contributed by atoms with Crippen molar-refractivity contribution in [1.82, 2.24) is 14.5 Å². The highest BCUT2D eigenvalue weighted by atomic mass is 16.1. The van der Waals surface area contributed by atoms with E-state index in [1.165, 1.54) is 5.56 Å². The number of aromatic nitrogens is 3. The molecule has 0 saturated carbocycles. The maximum Gasteiger partial charge on any atom is 0.222 e. The van der Waals surface area contributed by atoms with Gasteiger partial charge in [-0.25, -0.2) is 9.97 Å². The van der Waals surface area contributed by atoms with Gasteiger partial charge in [0.1, 0.15) is 5.52 Å². The van der Waals surface area contributed by atoms with Gasteiger partial charge in [-0.2, -0.15) is 0 Å². The number of fused-ring (bicyclic) bond motifs is 3. The van der Waals surface area contributed by atoms with Crippen molar-refractivity contribution in [2.45, 2.75) is 13.4 Å². The van der Waals surface area contributed by atoms with E-state index >= 15 is 0 Å². The number of anilines is 1. The average Bonchev–Trinajstić information content (AvgIpc) is 3.07. The normalized spacial score (nSPS) is 11.6. The molecule has 5 heteroatoms. The molecule has 24 heavy (non-hydrogen) atoms. The van der Waals surface area contributed by atoms with Gasteiger partial charge in [0.2, 0.25) is 5.91 Å².